The monoisotopic (exact) mass is 441 g/mol. The summed E-state index contributed by atoms with van der Waals surface area (Å²) in [5.74, 6) is 2.75. The highest BCUT2D eigenvalue weighted by Crippen LogP contribution is 2.61. The molecule has 1 aliphatic heterocycles. The molecule has 0 spiro atoms. The molecule has 2 heteroatoms. The first-order valence-corrected chi connectivity index (χ1v) is 13.2. The minimum atomic E-state index is -0.208. The molecular formula is C31H36FN. The fraction of sp³-hybridized carbons (Fsp3) is 0.484. The molecule has 0 radical (unpaired) electrons. The van der Waals surface area contributed by atoms with Gasteiger partial charge in [0.1, 0.15) is 0 Å². The molecule has 6 rings (SSSR count). The molecule has 3 fully saturated rings. The Bertz CT molecular complexity index is 1040. The summed E-state index contributed by atoms with van der Waals surface area (Å²) in [5.41, 5.74) is 10.5. The Kier molecular flexibility index (Phi) is 5.96. The molecule has 2 aromatic carbocycles. The molecular weight excluding hydrogens is 405 g/mol. The number of allylic oxidation sites excluding steroid dienone is 1. The van der Waals surface area contributed by atoms with E-state index in [9.17, 15) is 4.39 Å². The topological polar surface area (TPSA) is 3.24 Å². The Morgan fingerprint density at radius 1 is 0.879 bits per heavy atom. The minimum Gasteiger partial charge on any atom is -0.295 e. The van der Waals surface area contributed by atoms with Gasteiger partial charge < -0.3 is 0 Å². The van der Waals surface area contributed by atoms with Crippen LogP contribution in [-0.4, -0.2) is 31.2 Å². The quantitative estimate of drug-likeness (QED) is 0.454. The third-order valence-electron chi connectivity index (χ3n) is 8.59. The molecule has 0 N–H and O–H groups in total. The lowest BCUT2D eigenvalue weighted by molar-refractivity contribution is 0.239. The van der Waals surface area contributed by atoms with Crippen LogP contribution in [0.2, 0.25) is 0 Å². The van der Waals surface area contributed by atoms with Gasteiger partial charge in [0.05, 0.1) is 6.67 Å². The van der Waals surface area contributed by atoms with Gasteiger partial charge in [-0.1, -0.05) is 73.0 Å². The molecule has 1 unspecified atom stereocenters. The van der Waals surface area contributed by atoms with E-state index in [-0.39, 0.29) is 6.67 Å². The largest absolute Gasteiger partial charge is 0.295 e. The molecule has 1 nitrogen and oxygen atoms in total. The molecule has 0 amide bonds. The summed E-state index contributed by atoms with van der Waals surface area (Å²) in [6.07, 6.45) is 12.5. The van der Waals surface area contributed by atoms with E-state index >= 15 is 0 Å². The maximum absolute atomic E-state index is 12.4. The van der Waals surface area contributed by atoms with Gasteiger partial charge in [0.15, 0.2) is 0 Å². The zero-order chi connectivity index (χ0) is 22.2. The second kappa shape index (κ2) is 9.22. The number of hydrogen-bond donors (Lipinski definition) is 0. The number of halogens is 1. The number of rotatable bonds is 6. The van der Waals surface area contributed by atoms with Gasteiger partial charge in [-0.25, -0.2) is 0 Å². The van der Waals surface area contributed by atoms with Gasteiger partial charge in [-0.15, -0.1) is 0 Å². The summed E-state index contributed by atoms with van der Waals surface area (Å²) in [7, 11) is 0. The van der Waals surface area contributed by atoms with Crippen molar-refractivity contribution in [3.8, 4) is 0 Å². The van der Waals surface area contributed by atoms with E-state index in [0.717, 1.165) is 37.4 Å². The second-order valence-electron chi connectivity index (χ2n) is 10.7. The van der Waals surface area contributed by atoms with Crippen LogP contribution in [0.25, 0.3) is 11.6 Å². The lowest BCUT2D eigenvalue weighted by atomic mass is 9.87. The van der Waals surface area contributed by atoms with Crippen molar-refractivity contribution in [2.75, 3.05) is 26.3 Å². The SMILES string of the molecule is FCCCN1CC(=Cc2ccc(C3=C(C4[C@H]5CCCC[C@@H]45)CCCc4ccccc43)cc2)C1. The molecule has 172 valence electrons. The van der Waals surface area contributed by atoms with Crippen molar-refractivity contribution >= 4 is 11.6 Å². The van der Waals surface area contributed by atoms with Crippen LogP contribution in [0.3, 0.4) is 0 Å². The number of hydrogen-bond acceptors (Lipinski definition) is 1. The summed E-state index contributed by atoms with van der Waals surface area (Å²) >= 11 is 0. The molecule has 0 bridgehead atoms. The van der Waals surface area contributed by atoms with Crippen LogP contribution in [0.1, 0.15) is 67.2 Å². The Morgan fingerprint density at radius 2 is 1.64 bits per heavy atom. The molecule has 3 aliphatic carbocycles. The van der Waals surface area contributed by atoms with Crippen molar-refractivity contribution in [2.45, 2.75) is 51.4 Å². The predicted octanol–water partition coefficient (Wildman–Crippen LogP) is 7.32. The number of fused-ring (bicyclic) bond motifs is 2. The highest BCUT2D eigenvalue weighted by molar-refractivity contribution is 5.85. The second-order valence-corrected chi connectivity index (χ2v) is 10.7. The molecule has 1 heterocycles. The van der Waals surface area contributed by atoms with Gasteiger partial charge in [-0.3, -0.25) is 9.29 Å². The lowest BCUT2D eigenvalue weighted by Crippen LogP contribution is -2.40. The summed E-state index contributed by atoms with van der Waals surface area (Å²) in [4.78, 5) is 2.33. The third-order valence-corrected chi connectivity index (χ3v) is 8.59. The van der Waals surface area contributed by atoms with E-state index in [1.54, 1.807) is 11.1 Å². The lowest BCUT2D eigenvalue weighted by Gasteiger charge is -2.33. The maximum Gasteiger partial charge on any atom is 0.0906 e. The van der Waals surface area contributed by atoms with Crippen molar-refractivity contribution in [3.05, 3.63) is 81.9 Å². The zero-order valence-corrected chi connectivity index (χ0v) is 19.7. The number of nitrogens with zero attached hydrogens (tertiary/aromatic N) is 1. The van der Waals surface area contributed by atoms with Crippen LogP contribution >= 0.6 is 0 Å². The molecule has 33 heavy (non-hydrogen) atoms. The Labute approximate surface area is 198 Å². The van der Waals surface area contributed by atoms with Crippen LogP contribution in [0, 0.1) is 17.8 Å². The number of aryl methyl sites for hydroxylation is 1. The fourth-order valence-electron chi connectivity index (χ4n) is 6.98. The van der Waals surface area contributed by atoms with Crippen LogP contribution in [-0.2, 0) is 6.42 Å². The molecule has 3 atom stereocenters. The summed E-state index contributed by atoms with van der Waals surface area (Å²) in [5, 5.41) is 0. The Morgan fingerprint density at radius 3 is 2.39 bits per heavy atom. The van der Waals surface area contributed by atoms with Crippen LogP contribution in [0.5, 0.6) is 0 Å². The van der Waals surface area contributed by atoms with Gasteiger partial charge >= 0.3 is 0 Å². The van der Waals surface area contributed by atoms with Crippen molar-refractivity contribution in [3.63, 3.8) is 0 Å². The standard InChI is InChI=1S/C31H36FN/c32-17-6-18-33-20-23(21-33)19-22-13-15-25(16-14-22)30-26-9-2-1-7-24(26)8-5-12-29(30)31-27-10-3-4-11-28(27)31/h1-2,7,9,13-16,19,27-28,31H,3-6,8,10-12,17-18,20-21H2/t27-,28+,31?. The van der Waals surface area contributed by atoms with Crippen molar-refractivity contribution in [1.29, 1.82) is 0 Å². The highest BCUT2D eigenvalue weighted by atomic mass is 19.1. The van der Waals surface area contributed by atoms with Gasteiger partial charge in [-0.2, -0.15) is 0 Å². The van der Waals surface area contributed by atoms with Crippen molar-refractivity contribution in [1.82, 2.24) is 4.90 Å². The molecule has 2 saturated carbocycles. The van der Waals surface area contributed by atoms with E-state index < -0.39 is 0 Å². The molecule has 4 aliphatic rings. The van der Waals surface area contributed by atoms with Crippen LogP contribution in [0.4, 0.5) is 4.39 Å². The normalized spacial score (nSPS) is 26.8. The van der Waals surface area contributed by atoms with E-state index in [0.29, 0.717) is 6.42 Å². The van der Waals surface area contributed by atoms with E-state index in [1.807, 2.05) is 0 Å². The Balaban J connectivity index is 1.30. The highest BCUT2D eigenvalue weighted by Gasteiger charge is 2.52. The van der Waals surface area contributed by atoms with E-state index in [2.05, 4.69) is 59.5 Å². The summed E-state index contributed by atoms with van der Waals surface area (Å²) in [6, 6.07) is 18.5. The summed E-state index contributed by atoms with van der Waals surface area (Å²) < 4.78 is 12.4. The van der Waals surface area contributed by atoms with Gasteiger partial charge in [0, 0.05) is 19.6 Å². The number of benzene rings is 2. The summed E-state index contributed by atoms with van der Waals surface area (Å²) in [6.45, 7) is 2.66. The average Bonchev–Trinajstić information content (AvgIpc) is 3.58. The smallest absolute Gasteiger partial charge is 0.0906 e. The first-order valence-electron chi connectivity index (χ1n) is 13.2. The van der Waals surface area contributed by atoms with Crippen LogP contribution < -0.4 is 0 Å². The Hall–Kier alpha value is -2.19. The number of alkyl halides is 1. The average molecular weight is 442 g/mol. The van der Waals surface area contributed by atoms with Gasteiger partial charge in [-0.05, 0) is 89.7 Å². The molecule has 2 aromatic rings. The van der Waals surface area contributed by atoms with Gasteiger partial charge in [0.25, 0.3) is 0 Å². The van der Waals surface area contributed by atoms with Crippen LogP contribution in [0.15, 0.2) is 59.7 Å². The third kappa shape index (κ3) is 4.23. The molecule has 1 saturated heterocycles. The first kappa shape index (κ1) is 21.4. The van der Waals surface area contributed by atoms with E-state index in [1.165, 1.54) is 72.8 Å². The van der Waals surface area contributed by atoms with E-state index in [4.69, 9.17) is 0 Å². The van der Waals surface area contributed by atoms with Crippen molar-refractivity contribution < 1.29 is 4.39 Å². The maximum atomic E-state index is 12.4. The molecule has 0 aromatic heterocycles. The first-order chi connectivity index (χ1) is 16.3. The minimum absolute atomic E-state index is 0.208. The zero-order valence-electron chi connectivity index (χ0n) is 19.7. The number of likely N-dealkylation sites (tertiary alicyclic amines) is 1. The van der Waals surface area contributed by atoms with Crippen molar-refractivity contribution in [2.24, 2.45) is 17.8 Å². The fourth-order valence-corrected chi connectivity index (χ4v) is 6.98. The van der Waals surface area contributed by atoms with Gasteiger partial charge in [0.2, 0.25) is 0 Å². The predicted molar refractivity (Wildman–Crippen MR) is 136 cm³/mol.